The van der Waals surface area contributed by atoms with Crippen molar-refractivity contribution in [3.05, 3.63) is 114 Å². The van der Waals surface area contributed by atoms with E-state index in [4.69, 9.17) is 37.4 Å². The molecule has 47 heavy (non-hydrogen) atoms. The smallest absolute Gasteiger partial charge is 0.273 e. The van der Waals surface area contributed by atoms with Crippen LogP contribution in [0.5, 0.6) is 17.2 Å². The Hall–Kier alpha value is -4.37. The summed E-state index contributed by atoms with van der Waals surface area (Å²) in [4.78, 5) is 23.5. The summed E-state index contributed by atoms with van der Waals surface area (Å²) >= 11 is 15.5. The number of rotatable bonds is 13. The number of halogens is 3. The number of carbonyl (C=O) groups is 1. The van der Waals surface area contributed by atoms with Crippen molar-refractivity contribution in [2.75, 3.05) is 25.1 Å². The molecule has 4 aromatic rings. The van der Waals surface area contributed by atoms with Crippen molar-refractivity contribution in [2.45, 2.75) is 18.4 Å². The van der Waals surface area contributed by atoms with Gasteiger partial charge in [0.15, 0.2) is 11.5 Å². The Labute approximate surface area is 289 Å². The van der Waals surface area contributed by atoms with E-state index in [2.05, 4.69) is 26.5 Å². The lowest BCUT2D eigenvalue weighted by Gasteiger charge is -2.24. The highest BCUT2D eigenvalue weighted by molar-refractivity contribution is 9.10. The quantitative estimate of drug-likeness (QED) is 0.0877. The van der Waals surface area contributed by atoms with E-state index in [-0.39, 0.29) is 28.4 Å². The summed E-state index contributed by atoms with van der Waals surface area (Å²) < 4.78 is 45.4. The van der Waals surface area contributed by atoms with Crippen LogP contribution in [-0.4, -0.2) is 46.2 Å². The average molecular weight is 766 g/mol. The van der Waals surface area contributed by atoms with Crippen molar-refractivity contribution in [3.63, 3.8) is 0 Å². The zero-order chi connectivity index (χ0) is 34.3. The van der Waals surface area contributed by atoms with Gasteiger partial charge in [0.25, 0.3) is 21.6 Å². The van der Waals surface area contributed by atoms with Gasteiger partial charge in [0.2, 0.25) is 0 Å². The van der Waals surface area contributed by atoms with Crippen molar-refractivity contribution in [2.24, 2.45) is 5.10 Å². The lowest BCUT2D eigenvalue weighted by atomic mass is 10.2. The fourth-order valence-electron chi connectivity index (χ4n) is 4.22. The number of hydrazone groups is 1. The minimum Gasteiger partial charge on any atom is -0.497 e. The maximum Gasteiger partial charge on any atom is 0.273 e. The van der Waals surface area contributed by atoms with Gasteiger partial charge < -0.3 is 14.2 Å². The van der Waals surface area contributed by atoms with Gasteiger partial charge >= 0.3 is 0 Å². The Morgan fingerprint density at radius 3 is 2.38 bits per heavy atom. The third-order valence-electron chi connectivity index (χ3n) is 6.63. The number of amides is 1. The van der Waals surface area contributed by atoms with E-state index < -0.39 is 27.4 Å². The van der Waals surface area contributed by atoms with Crippen LogP contribution in [0, 0.1) is 17.0 Å². The summed E-state index contributed by atoms with van der Waals surface area (Å²) in [5, 5.41) is 16.3. The summed E-state index contributed by atoms with van der Waals surface area (Å²) in [6.07, 6.45) is 1.34. The minimum atomic E-state index is -4.44. The van der Waals surface area contributed by atoms with Crippen molar-refractivity contribution in [1.29, 1.82) is 0 Å². The number of aryl methyl sites for hydroxylation is 1. The Kier molecular flexibility index (Phi) is 11.7. The number of nitro benzene ring substituents is 1. The first kappa shape index (κ1) is 35.5. The summed E-state index contributed by atoms with van der Waals surface area (Å²) in [6.45, 7) is 0.981. The van der Waals surface area contributed by atoms with Gasteiger partial charge in [0.05, 0.1) is 50.5 Å². The van der Waals surface area contributed by atoms with Crippen molar-refractivity contribution < 1.29 is 32.3 Å². The molecule has 1 amide bonds. The fraction of sp³-hybridized carbons (Fsp3) is 0.161. The number of anilines is 1. The highest BCUT2D eigenvalue weighted by atomic mass is 79.9. The van der Waals surface area contributed by atoms with E-state index in [9.17, 15) is 23.3 Å². The molecule has 0 aliphatic rings. The second kappa shape index (κ2) is 15.5. The van der Waals surface area contributed by atoms with Crippen molar-refractivity contribution in [3.8, 4) is 17.2 Å². The second-order valence-electron chi connectivity index (χ2n) is 9.78. The Balaban J connectivity index is 1.53. The normalized spacial score (nSPS) is 11.3. The molecule has 0 fully saturated rings. The molecule has 0 bridgehead atoms. The molecular formula is C31H27BrCl2N4O8S. The van der Waals surface area contributed by atoms with Crippen LogP contribution in [0.15, 0.2) is 87.3 Å². The predicted molar refractivity (Wildman–Crippen MR) is 183 cm³/mol. The monoisotopic (exact) mass is 764 g/mol. The SMILES string of the molecule is COc1ccc(N(CC(=O)N/N=C\c2cc(Br)c(OCc3ccc(Cl)c(Cl)c3)c(OC)c2)S(=O)(=O)c2ccc(C)c([N+](=O)[O-])c2)cc1. The summed E-state index contributed by atoms with van der Waals surface area (Å²) in [6, 6.07) is 17.9. The number of ether oxygens (including phenoxy) is 3. The van der Waals surface area contributed by atoms with E-state index in [1.54, 1.807) is 30.3 Å². The number of nitro groups is 1. The van der Waals surface area contributed by atoms with Crippen LogP contribution in [0.1, 0.15) is 16.7 Å². The first-order valence-electron chi connectivity index (χ1n) is 13.5. The molecule has 0 spiro atoms. The maximum absolute atomic E-state index is 13.7. The summed E-state index contributed by atoms with van der Waals surface area (Å²) in [7, 11) is -1.53. The van der Waals surface area contributed by atoms with Crippen LogP contribution in [0.3, 0.4) is 0 Å². The molecule has 0 aliphatic heterocycles. The maximum atomic E-state index is 13.7. The minimum absolute atomic E-state index is 0.123. The zero-order valence-corrected chi connectivity index (χ0v) is 29.0. The van der Waals surface area contributed by atoms with Gasteiger partial charge in [0.1, 0.15) is 18.9 Å². The molecule has 4 aromatic carbocycles. The number of nitrogens with one attached hydrogen (secondary N) is 1. The van der Waals surface area contributed by atoms with Crippen LogP contribution in [0.25, 0.3) is 0 Å². The Morgan fingerprint density at radius 1 is 1.02 bits per heavy atom. The van der Waals surface area contributed by atoms with E-state index in [0.29, 0.717) is 37.3 Å². The third kappa shape index (κ3) is 8.71. The second-order valence-corrected chi connectivity index (χ2v) is 13.3. The van der Waals surface area contributed by atoms with Gasteiger partial charge in [-0.1, -0.05) is 35.3 Å². The Bertz CT molecular complexity index is 1940. The van der Waals surface area contributed by atoms with Crippen molar-refractivity contribution >= 4 is 72.7 Å². The summed E-state index contributed by atoms with van der Waals surface area (Å²) in [5.74, 6) is 0.459. The average Bonchev–Trinajstić information content (AvgIpc) is 3.04. The number of benzene rings is 4. The molecule has 246 valence electrons. The molecule has 0 aliphatic carbocycles. The number of hydrogen-bond acceptors (Lipinski definition) is 9. The number of hydrogen-bond donors (Lipinski definition) is 1. The van der Waals surface area contributed by atoms with E-state index in [0.717, 1.165) is 15.9 Å². The lowest BCUT2D eigenvalue weighted by Crippen LogP contribution is -2.39. The van der Waals surface area contributed by atoms with Crippen LogP contribution >= 0.6 is 39.1 Å². The fourth-order valence-corrected chi connectivity index (χ4v) is 6.56. The number of sulfonamides is 1. The molecule has 0 saturated heterocycles. The molecule has 0 unspecified atom stereocenters. The van der Waals surface area contributed by atoms with Gasteiger partial charge in [-0.15, -0.1) is 0 Å². The first-order valence-corrected chi connectivity index (χ1v) is 16.5. The van der Waals surface area contributed by atoms with Crippen LogP contribution in [-0.2, 0) is 21.4 Å². The molecule has 0 atom stereocenters. The lowest BCUT2D eigenvalue weighted by molar-refractivity contribution is -0.385. The molecule has 0 heterocycles. The van der Waals surface area contributed by atoms with E-state index in [1.807, 2.05) is 0 Å². The zero-order valence-electron chi connectivity index (χ0n) is 25.1. The number of methoxy groups -OCH3 is 2. The highest BCUT2D eigenvalue weighted by Gasteiger charge is 2.29. The molecule has 4 rings (SSSR count). The molecule has 1 N–H and O–H groups in total. The van der Waals surface area contributed by atoms with Crippen LogP contribution < -0.4 is 23.9 Å². The van der Waals surface area contributed by atoms with Gasteiger partial charge in [-0.3, -0.25) is 19.2 Å². The summed E-state index contributed by atoms with van der Waals surface area (Å²) in [5.41, 5.74) is 3.66. The predicted octanol–water partition coefficient (Wildman–Crippen LogP) is 6.91. The van der Waals surface area contributed by atoms with E-state index in [1.165, 1.54) is 63.8 Å². The van der Waals surface area contributed by atoms with Crippen LogP contribution in [0.4, 0.5) is 11.4 Å². The van der Waals surface area contributed by atoms with Gasteiger partial charge in [-0.05, 0) is 88.6 Å². The molecule has 12 nitrogen and oxygen atoms in total. The highest BCUT2D eigenvalue weighted by Crippen LogP contribution is 2.37. The van der Waals surface area contributed by atoms with E-state index >= 15 is 0 Å². The van der Waals surface area contributed by atoms with Crippen LogP contribution in [0.2, 0.25) is 10.0 Å². The standard InChI is InChI=1S/C31H27BrCl2N4O8S/c1-19-4-10-24(15-28(19)38(40)41)47(42,43)37(22-6-8-23(44-2)9-7-22)17-30(39)36-35-16-21-12-25(32)31(29(14-21)45-3)46-18-20-5-11-26(33)27(34)13-20/h4-16H,17-18H2,1-3H3,(H,36,39)/b35-16-. The van der Waals surface area contributed by atoms with Gasteiger partial charge in [0, 0.05) is 11.6 Å². The largest absolute Gasteiger partial charge is 0.497 e. The topological polar surface area (TPSA) is 150 Å². The molecule has 0 aromatic heterocycles. The van der Waals surface area contributed by atoms with Gasteiger partial charge in [-0.25, -0.2) is 13.8 Å². The molecule has 0 saturated carbocycles. The first-order chi connectivity index (χ1) is 22.3. The molecule has 0 radical (unpaired) electrons. The molecular weight excluding hydrogens is 739 g/mol. The van der Waals surface area contributed by atoms with Gasteiger partial charge in [-0.2, -0.15) is 5.10 Å². The number of nitrogens with zero attached hydrogens (tertiary/aromatic N) is 3. The number of carbonyl (C=O) groups excluding carboxylic acids is 1. The van der Waals surface area contributed by atoms with Crippen molar-refractivity contribution in [1.82, 2.24) is 5.43 Å². The Morgan fingerprint density at radius 2 is 1.74 bits per heavy atom. The molecule has 16 heteroatoms. The third-order valence-corrected chi connectivity index (χ3v) is 9.73.